The van der Waals surface area contributed by atoms with Crippen molar-refractivity contribution in [1.29, 1.82) is 0 Å². The molecule has 0 amide bonds. The minimum absolute atomic E-state index is 0.533. The summed E-state index contributed by atoms with van der Waals surface area (Å²) >= 11 is 9.40. The number of halogens is 2. The molecule has 94 valence electrons. The molecule has 0 aromatic heterocycles. The number of nitrogens with two attached hydrogens (primary N) is 1. The highest BCUT2D eigenvalue weighted by Crippen LogP contribution is 2.32. The molecule has 0 heterocycles. The molecule has 3 N–H and O–H groups in total. The minimum atomic E-state index is 0.533. The Hall–Kier alpha value is -1.39. The van der Waals surface area contributed by atoms with Crippen LogP contribution in [0.25, 0.3) is 0 Å². The highest BCUT2D eigenvalue weighted by molar-refractivity contribution is 9.10. The van der Waals surface area contributed by atoms with Crippen molar-refractivity contribution in [3.8, 4) is 5.75 Å². The third-order valence-corrected chi connectivity index (χ3v) is 3.43. The summed E-state index contributed by atoms with van der Waals surface area (Å²) in [6.07, 6.45) is 0. The molecule has 3 nitrogen and oxygen atoms in total. The summed E-state index contributed by atoms with van der Waals surface area (Å²) < 4.78 is 6.04. The van der Waals surface area contributed by atoms with Crippen LogP contribution in [0.1, 0.15) is 0 Å². The fraction of sp³-hybridized carbons (Fsp3) is 0.0769. The van der Waals surface area contributed by atoms with Crippen LogP contribution in [0.3, 0.4) is 0 Å². The lowest BCUT2D eigenvalue weighted by atomic mass is 10.2. The molecule has 0 atom stereocenters. The highest BCUT2D eigenvalue weighted by Gasteiger charge is 2.05. The van der Waals surface area contributed by atoms with Gasteiger partial charge in [-0.3, -0.25) is 0 Å². The Morgan fingerprint density at radius 2 is 2.06 bits per heavy atom. The van der Waals surface area contributed by atoms with E-state index in [9.17, 15) is 0 Å². The van der Waals surface area contributed by atoms with Gasteiger partial charge in [-0.25, -0.2) is 0 Å². The minimum Gasteiger partial charge on any atom is -0.496 e. The monoisotopic (exact) mass is 326 g/mol. The maximum atomic E-state index is 5.96. The standard InChI is InChI=1S/C13H12BrClN2O/c1-18-12-6-5-8(7-9(12)14)17-11-4-2-3-10(15)13(11)16/h2-7,17H,16H2,1H3. The Morgan fingerprint density at radius 3 is 2.72 bits per heavy atom. The molecule has 0 aliphatic heterocycles. The summed E-state index contributed by atoms with van der Waals surface area (Å²) in [5, 5.41) is 3.74. The molecule has 18 heavy (non-hydrogen) atoms. The van der Waals surface area contributed by atoms with Crippen LogP contribution in [-0.2, 0) is 0 Å². The summed E-state index contributed by atoms with van der Waals surface area (Å²) in [6, 6.07) is 11.2. The maximum absolute atomic E-state index is 5.96. The van der Waals surface area contributed by atoms with Gasteiger partial charge in [0.15, 0.2) is 0 Å². The van der Waals surface area contributed by atoms with Gasteiger partial charge in [0.2, 0.25) is 0 Å². The summed E-state index contributed by atoms with van der Waals surface area (Å²) in [6.45, 7) is 0. The summed E-state index contributed by atoms with van der Waals surface area (Å²) in [5.41, 5.74) is 8.10. The van der Waals surface area contributed by atoms with Crippen molar-refractivity contribution >= 4 is 44.6 Å². The first-order valence-corrected chi connectivity index (χ1v) is 6.43. The number of methoxy groups -OCH3 is 1. The third kappa shape index (κ3) is 2.71. The van der Waals surface area contributed by atoms with Crippen LogP contribution in [0.2, 0.25) is 5.02 Å². The van der Waals surface area contributed by atoms with Gasteiger partial charge in [0.1, 0.15) is 5.75 Å². The molecule has 0 radical (unpaired) electrons. The molecule has 0 unspecified atom stereocenters. The van der Waals surface area contributed by atoms with Crippen molar-refractivity contribution in [3.05, 3.63) is 45.9 Å². The molecule has 5 heteroatoms. The van der Waals surface area contributed by atoms with E-state index in [2.05, 4.69) is 21.2 Å². The number of anilines is 3. The van der Waals surface area contributed by atoms with E-state index in [1.165, 1.54) is 0 Å². The van der Waals surface area contributed by atoms with Gasteiger partial charge >= 0.3 is 0 Å². The molecule has 2 rings (SSSR count). The average molecular weight is 328 g/mol. The largest absolute Gasteiger partial charge is 0.496 e. The van der Waals surface area contributed by atoms with Gasteiger partial charge in [-0.15, -0.1) is 0 Å². The zero-order valence-corrected chi connectivity index (χ0v) is 12.0. The van der Waals surface area contributed by atoms with E-state index >= 15 is 0 Å². The Bertz CT molecular complexity index is 575. The van der Waals surface area contributed by atoms with E-state index in [0.717, 1.165) is 21.6 Å². The molecule has 0 aliphatic rings. The van der Waals surface area contributed by atoms with Gasteiger partial charge in [-0.1, -0.05) is 17.7 Å². The SMILES string of the molecule is COc1ccc(Nc2cccc(Cl)c2N)cc1Br. The molecule has 0 bridgehead atoms. The molecule has 0 aliphatic carbocycles. The van der Waals surface area contributed by atoms with Crippen LogP contribution in [0.5, 0.6) is 5.75 Å². The van der Waals surface area contributed by atoms with Gasteiger partial charge in [0.25, 0.3) is 0 Å². The summed E-state index contributed by atoms with van der Waals surface area (Å²) in [7, 11) is 1.63. The Balaban J connectivity index is 2.29. The van der Waals surface area contributed by atoms with Crippen LogP contribution in [0.15, 0.2) is 40.9 Å². The lowest BCUT2D eigenvalue weighted by molar-refractivity contribution is 0.412. The van der Waals surface area contributed by atoms with Crippen LogP contribution < -0.4 is 15.8 Å². The molecule has 2 aromatic rings. The van der Waals surface area contributed by atoms with Crippen molar-refractivity contribution in [1.82, 2.24) is 0 Å². The van der Waals surface area contributed by atoms with Crippen molar-refractivity contribution in [2.45, 2.75) is 0 Å². The van der Waals surface area contributed by atoms with Crippen molar-refractivity contribution < 1.29 is 4.74 Å². The number of hydrogen-bond acceptors (Lipinski definition) is 3. The Kier molecular flexibility index (Phi) is 3.99. The molecule has 0 fully saturated rings. The number of hydrogen-bond donors (Lipinski definition) is 2. The van der Waals surface area contributed by atoms with E-state index in [1.54, 1.807) is 13.2 Å². The normalized spacial score (nSPS) is 10.2. The number of nitrogens with one attached hydrogen (secondary N) is 1. The van der Waals surface area contributed by atoms with Crippen LogP contribution >= 0.6 is 27.5 Å². The Labute approximate surface area is 119 Å². The van der Waals surface area contributed by atoms with E-state index in [0.29, 0.717) is 10.7 Å². The quantitative estimate of drug-likeness (QED) is 0.819. The number of ether oxygens (including phenoxy) is 1. The number of benzene rings is 2. The van der Waals surface area contributed by atoms with Crippen LogP contribution in [-0.4, -0.2) is 7.11 Å². The second-order valence-corrected chi connectivity index (χ2v) is 4.94. The Morgan fingerprint density at radius 1 is 1.28 bits per heavy atom. The zero-order valence-electron chi connectivity index (χ0n) is 9.71. The fourth-order valence-electron chi connectivity index (χ4n) is 1.55. The first-order chi connectivity index (χ1) is 8.61. The second-order valence-electron chi connectivity index (χ2n) is 3.68. The van der Waals surface area contributed by atoms with E-state index in [1.807, 2.05) is 30.3 Å². The number of para-hydroxylation sites is 1. The van der Waals surface area contributed by atoms with E-state index in [4.69, 9.17) is 22.1 Å². The van der Waals surface area contributed by atoms with E-state index in [-0.39, 0.29) is 0 Å². The van der Waals surface area contributed by atoms with E-state index < -0.39 is 0 Å². The van der Waals surface area contributed by atoms with Gasteiger partial charge in [-0.2, -0.15) is 0 Å². The molecule has 0 spiro atoms. The smallest absolute Gasteiger partial charge is 0.133 e. The fourth-order valence-corrected chi connectivity index (χ4v) is 2.26. The first kappa shape index (κ1) is 13.1. The third-order valence-electron chi connectivity index (χ3n) is 2.48. The van der Waals surface area contributed by atoms with Gasteiger partial charge in [0.05, 0.1) is 28.0 Å². The molecule has 0 saturated heterocycles. The van der Waals surface area contributed by atoms with Crippen molar-refractivity contribution in [2.75, 3.05) is 18.2 Å². The predicted molar refractivity (Wildman–Crippen MR) is 79.8 cm³/mol. The van der Waals surface area contributed by atoms with Gasteiger partial charge in [-0.05, 0) is 46.3 Å². The van der Waals surface area contributed by atoms with Crippen LogP contribution in [0, 0.1) is 0 Å². The van der Waals surface area contributed by atoms with Gasteiger partial charge in [0, 0.05) is 5.69 Å². The second kappa shape index (κ2) is 5.50. The van der Waals surface area contributed by atoms with Crippen LogP contribution in [0.4, 0.5) is 17.1 Å². The molecule has 0 saturated carbocycles. The number of nitrogen functional groups attached to an aromatic ring is 1. The number of rotatable bonds is 3. The lowest BCUT2D eigenvalue weighted by Gasteiger charge is -2.11. The van der Waals surface area contributed by atoms with Gasteiger partial charge < -0.3 is 15.8 Å². The topological polar surface area (TPSA) is 47.3 Å². The predicted octanol–water partition coefficient (Wildman–Crippen LogP) is 4.44. The highest BCUT2D eigenvalue weighted by atomic mass is 79.9. The summed E-state index contributed by atoms with van der Waals surface area (Å²) in [4.78, 5) is 0. The average Bonchev–Trinajstić information content (AvgIpc) is 2.35. The first-order valence-electron chi connectivity index (χ1n) is 5.26. The van der Waals surface area contributed by atoms with Crippen molar-refractivity contribution in [2.24, 2.45) is 0 Å². The summed E-state index contributed by atoms with van der Waals surface area (Å²) in [5.74, 6) is 0.777. The molecule has 2 aromatic carbocycles. The molecular formula is C13H12BrClN2O. The maximum Gasteiger partial charge on any atom is 0.133 e. The lowest BCUT2D eigenvalue weighted by Crippen LogP contribution is -1.97. The zero-order chi connectivity index (χ0) is 13.1. The van der Waals surface area contributed by atoms with Crippen molar-refractivity contribution in [3.63, 3.8) is 0 Å². The molecular weight excluding hydrogens is 316 g/mol.